The Morgan fingerprint density at radius 3 is 2.12 bits per heavy atom. The Labute approximate surface area is 203 Å². The lowest BCUT2D eigenvalue weighted by atomic mass is 10.2. The Kier molecular flexibility index (Phi) is 5.58. The molecule has 0 saturated carbocycles. The highest BCUT2D eigenvalue weighted by atomic mass is 35.5. The maximum absolute atomic E-state index is 13.8. The zero-order valence-corrected chi connectivity index (χ0v) is 19.4. The van der Waals surface area contributed by atoms with Crippen LogP contribution >= 0.6 is 34.8 Å². The minimum absolute atomic E-state index is 0.152. The first-order valence-corrected chi connectivity index (χ1v) is 11.0. The van der Waals surface area contributed by atoms with Gasteiger partial charge in [0.2, 0.25) is 0 Å². The number of imidazole rings is 1. The smallest absolute Gasteiger partial charge is 0.303 e. The van der Waals surface area contributed by atoms with Gasteiger partial charge in [0, 0.05) is 15.6 Å². The first-order valence-electron chi connectivity index (χ1n) is 9.84. The van der Waals surface area contributed by atoms with Gasteiger partial charge in [0.15, 0.2) is 17.0 Å². The fraction of sp³-hybridized carbons (Fsp3) is 0.0417. The van der Waals surface area contributed by atoms with Crippen LogP contribution in [0.3, 0.4) is 0 Å². The maximum Gasteiger partial charge on any atom is 0.303 e. The van der Waals surface area contributed by atoms with E-state index in [1.165, 1.54) is 11.7 Å². The van der Waals surface area contributed by atoms with Gasteiger partial charge in [-0.15, -0.1) is 0 Å². The second-order valence-corrected chi connectivity index (χ2v) is 8.40. The molecule has 164 valence electrons. The molecule has 0 amide bonds. The van der Waals surface area contributed by atoms with Crippen LogP contribution < -0.4 is 10.3 Å². The van der Waals surface area contributed by atoms with E-state index in [0.717, 1.165) is 5.69 Å². The predicted molar refractivity (Wildman–Crippen MR) is 131 cm³/mol. The third-order valence-electron chi connectivity index (χ3n) is 5.11. The molecule has 0 aliphatic rings. The molecule has 0 bridgehead atoms. The molecule has 0 spiro atoms. The number of nitrogens with zero attached hydrogens (tertiary/aromatic N) is 4. The summed E-state index contributed by atoms with van der Waals surface area (Å²) in [4.78, 5) is 23.1. The van der Waals surface area contributed by atoms with Crippen molar-refractivity contribution in [3.05, 3.63) is 98.2 Å². The molecule has 5 aromatic rings. The number of para-hydroxylation sites is 1. The molecule has 5 rings (SSSR count). The topological polar surface area (TPSA) is 61.9 Å². The summed E-state index contributed by atoms with van der Waals surface area (Å²) < 4.78 is 8.63. The Morgan fingerprint density at radius 2 is 1.45 bits per heavy atom. The molecule has 0 saturated heterocycles. The number of rotatable bonds is 4. The molecule has 0 fully saturated rings. The fourth-order valence-electron chi connectivity index (χ4n) is 3.62. The third-order valence-corrected chi connectivity index (χ3v) is 5.91. The lowest BCUT2D eigenvalue weighted by molar-refractivity contribution is 0.375. The molecule has 0 atom stereocenters. The van der Waals surface area contributed by atoms with Crippen LogP contribution in [-0.2, 0) is 0 Å². The molecule has 9 heteroatoms. The standard InChI is InChI=1S/C24H15Cl3N4O2/c1-33-24-28-20-22(31(24)16-5-3-2-4-6-16)29-21(18-12-9-15(26)13-19(18)27)30(23(20)32)17-10-7-14(25)8-11-17/h2-13H,1H3. The summed E-state index contributed by atoms with van der Waals surface area (Å²) in [5.74, 6) is 0.330. The molecular weight excluding hydrogens is 483 g/mol. The number of benzene rings is 3. The van der Waals surface area contributed by atoms with Crippen molar-refractivity contribution in [1.82, 2.24) is 19.1 Å². The molecule has 0 N–H and O–H groups in total. The molecular formula is C24H15Cl3N4O2. The van der Waals surface area contributed by atoms with Gasteiger partial charge in [0.05, 0.1) is 23.5 Å². The van der Waals surface area contributed by atoms with Gasteiger partial charge in [-0.2, -0.15) is 4.98 Å². The summed E-state index contributed by atoms with van der Waals surface area (Å²) in [5, 5.41) is 1.37. The SMILES string of the molecule is COc1nc2c(=O)n(-c3ccc(Cl)cc3)c(-c3ccc(Cl)cc3Cl)nc2n1-c1ccccc1. The Bertz CT molecular complexity index is 1540. The number of hydrogen-bond donors (Lipinski definition) is 0. The van der Waals surface area contributed by atoms with Crippen LogP contribution in [0.4, 0.5) is 0 Å². The van der Waals surface area contributed by atoms with Crippen molar-refractivity contribution in [2.75, 3.05) is 7.11 Å². The van der Waals surface area contributed by atoms with E-state index >= 15 is 0 Å². The monoisotopic (exact) mass is 496 g/mol. The fourth-order valence-corrected chi connectivity index (χ4v) is 4.24. The lowest BCUT2D eigenvalue weighted by Crippen LogP contribution is -2.22. The van der Waals surface area contributed by atoms with Crippen molar-refractivity contribution < 1.29 is 4.74 Å². The number of aromatic nitrogens is 4. The summed E-state index contributed by atoms with van der Waals surface area (Å²) in [6.45, 7) is 0. The van der Waals surface area contributed by atoms with Crippen molar-refractivity contribution in [3.8, 4) is 28.8 Å². The minimum Gasteiger partial charge on any atom is -0.468 e. The van der Waals surface area contributed by atoms with Crippen LogP contribution in [0.2, 0.25) is 15.1 Å². The normalized spacial score (nSPS) is 11.2. The Hall–Kier alpha value is -3.32. The van der Waals surface area contributed by atoms with Crippen molar-refractivity contribution >= 4 is 46.0 Å². The van der Waals surface area contributed by atoms with Crippen LogP contribution in [0.1, 0.15) is 0 Å². The predicted octanol–water partition coefficient (Wildman–Crippen LogP) is 6.21. The van der Waals surface area contributed by atoms with E-state index in [1.54, 1.807) is 47.0 Å². The van der Waals surface area contributed by atoms with Gasteiger partial charge in [-0.25, -0.2) is 9.55 Å². The summed E-state index contributed by atoms with van der Waals surface area (Å²) in [6, 6.07) is 21.5. The van der Waals surface area contributed by atoms with Gasteiger partial charge in [-0.1, -0.05) is 53.0 Å². The number of halogens is 3. The molecule has 33 heavy (non-hydrogen) atoms. The number of ether oxygens (including phenoxy) is 1. The van der Waals surface area contributed by atoms with Gasteiger partial charge in [0.1, 0.15) is 0 Å². The molecule has 0 aliphatic carbocycles. The second kappa shape index (κ2) is 8.56. The summed E-state index contributed by atoms with van der Waals surface area (Å²) >= 11 is 18.7. The third kappa shape index (κ3) is 3.76. The lowest BCUT2D eigenvalue weighted by Gasteiger charge is -2.14. The quantitative estimate of drug-likeness (QED) is 0.296. The molecule has 2 aromatic heterocycles. The van der Waals surface area contributed by atoms with Crippen LogP contribution in [-0.4, -0.2) is 26.2 Å². The van der Waals surface area contributed by atoms with E-state index in [0.29, 0.717) is 37.8 Å². The summed E-state index contributed by atoms with van der Waals surface area (Å²) in [6.07, 6.45) is 0. The van der Waals surface area contributed by atoms with Crippen LogP contribution in [0.5, 0.6) is 6.01 Å². The van der Waals surface area contributed by atoms with Gasteiger partial charge < -0.3 is 4.74 Å². The van der Waals surface area contributed by atoms with E-state index in [4.69, 9.17) is 44.5 Å². The maximum atomic E-state index is 13.8. The van der Waals surface area contributed by atoms with Gasteiger partial charge >= 0.3 is 6.01 Å². The van der Waals surface area contributed by atoms with Crippen molar-refractivity contribution in [2.24, 2.45) is 0 Å². The van der Waals surface area contributed by atoms with E-state index in [9.17, 15) is 4.79 Å². The minimum atomic E-state index is -0.378. The van der Waals surface area contributed by atoms with E-state index in [-0.39, 0.29) is 17.1 Å². The zero-order chi connectivity index (χ0) is 23.1. The molecule has 6 nitrogen and oxygen atoms in total. The first kappa shape index (κ1) is 21.5. The highest BCUT2D eigenvalue weighted by molar-refractivity contribution is 6.36. The van der Waals surface area contributed by atoms with E-state index < -0.39 is 0 Å². The largest absolute Gasteiger partial charge is 0.468 e. The molecule has 0 aliphatic heterocycles. The van der Waals surface area contributed by atoms with Crippen molar-refractivity contribution in [2.45, 2.75) is 0 Å². The zero-order valence-electron chi connectivity index (χ0n) is 17.2. The Balaban J connectivity index is 1.92. The second-order valence-electron chi connectivity index (χ2n) is 7.12. The molecule has 2 heterocycles. The number of fused-ring (bicyclic) bond motifs is 1. The highest BCUT2D eigenvalue weighted by Crippen LogP contribution is 2.32. The number of methoxy groups -OCH3 is 1. The van der Waals surface area contributed by atoms with Crippen molar-refractivity contribution in [3.63, 3.8) is 0 Å². The van der Waals surface area contributed by atoms with Crippen LogP contribution in [0.15, 0.2) is 77.6 Å². The highest BCUT2D eigenvalue weighted by Gasteiger charge is 2.23. The van der Waals surface area contributed by atoms with Gasteiger partial charge in [-0.3, -0.25) is 9.36 Å². The van der Waals surface area contributed by atoms with Crippen LogP contribution in [0.25, 0.3) is 33.9 Å². The average molecular weight is 498 g/mol. The number of hydrogen-bond acceptors (Lipinski definition) is 4. The summed E-state index contributed by atoms with van der Waals surface area (Å²) in [7, 11) is 1.50. The molecule has 3 aromatic carbocycles. The van der Waals surface area contributed by atoms with Crippen molar-refractivity contribution in [1.29, 1.82) is 0 Å². The molecule has 0 unspecified atom stereocenters. The Morgan fingerprint density at radius 1 is 0.788 bits per heavy atom. The molecule has 0 radical (unpaired) electrons. The first-order chi connectivity index (χ1) is 16.0. The van der Waals surface area contributed by atoms with Gasteiger partial charge in [0.25, 0.3) is 5.56 Å². The van der Waals surface area contributed by atoms with E-state index in [2.05, 4.69) is 4.98 Å². The van der Waals surface area contributed by atoms with Gasteiger partial charge in [-0.05, 0) is 54.6 Å². The van der Waals surface area contributed by atoms with Crippen LogP contribution in [0, 0.1) is 0 Å². The average Bonchev–Trinajstić information content (AvgIpc) is 3.19. The van der Waals surface area contributed by atoms with E-state index in [1.807, 2.05) is 30.3 Å². The summed E-state index contributed by atoms with van der Waals surface area (Å²) in [5.41, 5.74) is 1.97.